The zero-order valence-electron chi connectivity index (χ0n) is 8.24. The van der Waals surface area contributed by atoms with Gasteiger partial charge in [0, 0.05) is 11.8 Å². The van der Waals surface area contributed by atoms with Crippen LogP contribution in [0.5, 0.6) is 0 Å². The molecule has 2 heterocycles. The molecule has 3 rings (SSSR count). The van der Waals surface area contributed by atoms with E-state index in [0.29, 0.717) is 5.52 Å². The van der Waals surface area contributed by atoms with Crippen molar-refractivity contribution in [3.8, 4) is 0 Å². The van der Waals surface area contributed by atoms with Crippen LogP contribution < -0.4 is 0 Å². The molecule has 0 spiro atoms. The number of imidazole rings is 1. The molecule has 0 bridgehead atoms. The molecule has 0 N–H and O–H groups in total. The molecule has 15 heavy (non-hydrogen) atoms. The highest BCUT2D eigenvalue weighted by atomic mass is 19.1. The van der Waals surface area contributed by atoms with Crippen LogP contribution in [0.15, 0.2) is 36.4 Å². The van der Waals surface area contributed by atoms with Crippen LogP contribution in [0.3, 0.4) is 0 Å². The van der Waals surface area contributed by atoms with Gasteiger partial charge in [0.05, 0.1) is 11.0 Å². The first-order valence-electron chi connectivity index (χ1n) is 4.79. The number of fused-ring (bicyclic) bond motifs is 3. The predicted molar refractivity (Wildman–Crippen MR) is 57.4 cm³/mol. The first-order chi connectivity index (χ1) is 7.25. The normalized spacial score (nSPS) is 11.3. The molecule has 0 amide bonds. The fraction of sp³-hybridized carbons (Fsp3) is 0.0833. The third kappa shape index (κ3) is 1.13. The number of halogens is 1. The summed E-state index contributed by atoms with van der Waals surface area (Å²) in [5.41, 5.74) is 3.60. The fourth-order valence-electron chi connectivity index (χ4n) is 1.90. The summed E-state index contributed by atoms with van der Waals surface area (Å²) in [5.74, 6) is -0.247. The fourth-order valence-corrected chi connectivity index (χ4v) is 1.90. The molecule has 0 aliphatic heterocycles. The largest absolute Gasteiger partial charge is 0.297 e. The highest BCUT2D eigenvalue weighted by Crippen LogP contribution is 2.19. The van der Waals surface area contributed by atoms with Gasteiger partial charge in [-0.15, -0.1) is 0 Å². The van der Waals surface area contributed by atoms with Gasteiger partial charge in [-0.3, -0.25) is 4.40 Å². The topological polar surface area (TPSA) is 17.3 Å². The molecule has 2 nitrogen and oxygen atoms in total. The van der Waals surface area contributed by atoms with Crippen LogP contribution in [0.25, 0.3) is 16.7 Å². The molecule has 0 saturated heterocycles. The summed E-state index contributed by atoms with van der Waals surface area (Å²) in [6.07, 6.45) is 0. The number of rotatable bonds is 0. The third-order valence-corrected chi connectivity index (χ3v) is 2.58. The lowest BCUT2D eigenvalue weighted by molar-refractivity contribution is 0.629. The molecule has 1 aromatic carbocycles. The second kappa shape index (κ2) is 2.79. The van der Waals surface area contributed by atoms with Gasteiger partial charge < -0.3 is 0 Å². The molecular weight excluding hydrogens is 191 g/mol. The van der Waals surface area contributed by atoms with E-state index in [1.165, 1.54) is 12.1 Å². The Bertz CT molecular complexity index is 655. The Morgan fingerprint density at radius 3 is 2.93 bits per heavy atom. The molecule has 0 unspecified atom stereocenters. The standard InChI is InChI=1S/C12H9FN2/c1-8-3-2-4-12-14-10-7-9(13)5-6-11(10)15(8)12/h2-7H,1H3. The molecule has 0 aliphatic rings. The van der Waals surface area contributed by atoms with E-state index in [0.717, 1.165) is 16.9 Å². The predicted octanol–water partition coefficient (Wildman–Crippen LogP) is 2.94. The molecule has 0 radical (unpaired) electrons. The number of pyridine rings is 1. The summed E-state index contributed by atoms with van der Waals surface area (Å²) < 4.78 is 15.0. The number of aryl methyl sites for hydroxylation is 1. The van der Waals surface area contributed by atoms with Gasteiger partial charge in [0.25, 0.3) is 0 Å². The van der Waals surface area contributed by atoms with Crippen molar-refractivity contribution in [2.24, 2.45) is 0 Å². The van der Waals surface area contributed by atoms with Crippen LogP contribution in [0.2, 0.25) is 0 Å². The van der Waals surface area contributed by atoms with Gasteiger partial charge in [-0.25, -0.2) is 9.37 Å². The molecule has 74 valence electrons. The van der Waals surface area contributed by atoms with E-state index in [4.69, 9.17) is 0 Å². The van der Waals surface area contributed by atoms with Gasteiger partial charge in [0.2, 0.25) is 0 Å². The molecule has 0 aliphatic carbocycles. The number of hydrogen-bond donors (Lipinski definition) is 0. The van der Waals surface area contributed by atoms with Gasteiger partial charge in [0.1, 0.15) is 11.5 Å². The molecular formula is C12H9FN2. The Morgan fingerprint density at radius 1 is 1.20 bits per heavy atom. The third-order valence-electron chi connectivity index (χ3n) is 2.58. The van der Waals surface area contributed by atoms with E-state index in [9.17, 15) is 4.39 Å². The Labute approximate surface area is 86.0 Å². The smallest absolute Gasteiger partial charge is 0.138 e. The maximum Gasteiger partial charge on any atom is 0.138 e. The van der Waals surface area contributed by atoms with Crippen molar-refractivity contribution >= 4 is 16.7 Å². The van der Waals surface area contributed by atoms with Crippen molar-refractivity contribution < 1.29 is 4.39 Å². The average molecular weight is 200 g/mol. The number of nitrogens with zero attached hydrogens (tertiary/aromatic N) is 2. The minimum Gasteiger partial charge on any atom is -0.297 e. The summed E-state index contributed by atoms with van der Waals surface area (Å²) in [4.78, 5) is 4.36. The van der Waals surface area contributed by atoms with Crippen LogP contribution >= 0.6 is 0 Å². The van der Waals surface area contributed by atoms with Crippen LogP contribution in [0.1, 0.15) is 5.69 Å². The highest BCUT2D eigenvalue weighted by molar-refractivity contribution is 5.80. The zero-order chi connectivity index (χ0) is 10.4. The molecule has 2 aromatic heterocycles. The molecule has 3 aromatic rings. The van der Waals surface area contributed by atoms with E-state index in [1.807, 2.05) is 29.5 Å². The van der Waals surface area contributed by atoms with Gasteiger partial charge >= 0.3 is 0 Å². The number of hydrogen-bond acceptors (Lipinski definition) is 1. The van der Waals surface area contributed by atoms with Gasteiger partial charge in [-0.05, 0) is 31.2 Å². The molecule has 3 heteroatoms. The summed E-state index contributed by atoms with van der Waals surface area (Å²) in [6, 6.07) is 10.6. The monoisotopic (exact) mass is 200 g/mol. The maximum atomic E-state index is 13.0. The summed E-state index contributed by atoms with van der Waals surface area (Å²) in [6.45, 7) is 2.01. The van der Waals surface area contributed by atoms with E-state index in [1.54, 1.807) is 6.07 Å². The van der Waals surface area contributed by atoms with Crippen molar-refractivity contribution in [1.29, 1.82) is 0 Å². The van der Waals surface area contributed by atoms with Gasteiger partial charge in [-0.2, -0.15) is 0 Å². The quantitative estimate of drug-likeness (QED) is 0.545. The second-order valence-corrected chi connectivity index (χ2v) is 3.61. The van der Waals surface area contributed by atoms with Crippen molar-refractivity contribution in [1.82, 2.24) is 9.38 Å². The molecule has 0 atom stereocenters. The van der Waals surface area contributed by atoms with Gasteiger partial charge in [-0.1, -0.05) is 6.07 Å². The lowest BCUT2D eigenvalue weighted by Crippen LogP contribution is -1.89. The van der Waals surface area contributed by atoms with E-state index < -0.39 is 0 Å². The number of aromatic nitrogens is 2. The van der Waals surface area contributed by atoms with Gasteiger partial charge in [0.15, 0.2) is 0 Å². The summed E-state index contributed by atoms with van der Waals surface area (Å²) in [7, 11) is 0. The van der Waals surface area contributed by atoms with Crippen LogP contribution in [0.4, 0.5) is 4.39 Å². The minimum absolute atomic E-state index is 0.247. The van der Waals surface area contributed by atoms with Crippen molar-refractivity contribution in [3.05, 3.63) is 47.9 Å². The average Bonchev–Trinajstić information content (AvgIpc) is 2.56. The second-order valence-electron chi connectivity index (χ2n) is 3.61. The number of benzene rings is 1. The highest BCUT2D eigenvalue weighted by Gasteiger charge is 2.05. The lowest BCUT2D eigenvalue weighted by atomic mass is 10.3. The van der Waals surface area contributed by atoms with Crippen molar-refractivity contribution in [3.63, 3.8) is 0 Å². The van der Waals surface area contributed by atoms with Crippen LogP contribution in [-0.2, 0) is 0 Å². The first-order valence-corrected chi connectivity index (χ1v) is 4.79. The Hall–Kier alpha value is -1.90. The Morgan fingerprint density at radius 2 is 2.07 bits per heavy atom. The maximum absolute atomic E-state index is 13.0. The molecule has 0 fully saturated rings. The Balaban J connectivity index is 2.59. The summed E-state index contributed by atoms with van der Waals surface area (Å²) >= 11 is 0. The van der Waals surface area contributed by atoms with Crippen molar-refractivity contribution in [2.75, 3.05) is 0 Å². The van der Waals surface area contributed by atoms with Crippen LogP contribution in [-0.4, -0.2) is 9.38 Å². The molecule has 0 saturated carbocycles. The zero-order valence-corrected chi connectivity index (χ0v) is 8.24. The van der Waals surface area contributed by atoms with E-state index in [2.05, 4.69) is 4.98 Å². The van der Waals surface area contributed by atoms with E-state index >= 15 is 0 Å². The summed E-state index contributed by atoms with van der Waals surface area (Å²) in [5, 5.41) is 0. The first kappa shape index (κ1) is 8.41. The SMILES string of the molecule is Cc1cccc2nc3cc(F)ccc3n12. The Kier molecular flexibility index (Phi) is 1.57. The minimum atomic E-state index is -0.247. The van der Waals surface area contributed by atoms with E-state index in [-0.39, 0.29) is 5.82 Å². The van der Waals surface area contributed by atoms with Crippen molar-refractivity contribution in [2.45, 2.75) is 6.92 Å². The lowest BCUT2D eigenvalue weighted by Gasteiger charge is -1.99. The van der Waals surface area contributed by atoms with Crippen LogP contribution in [0, 0.1) is 12.7 Å².